The lowest BCUT2D eigenvalue weighted by atomic mass is 10.4. The van der Waals surface area contributed by atoms with Crippen LogP contribution in [0, 0.1) is 0 Å². The Kier molecular flexibility index (Phi) is 3.80. The molecule has 0 spiro atoms. The van der Waals surface area contributed by atoms with Crippen molar-refractivity contribution >= 4 is 16.1 Å². The fourth-order valence-corrected chi connectivity index (χ4v) is 1.37. The smallest absolute Gasteiger partial charge is 0.307 e. The van der Waals surface area contributed by atoms with Gasteiger partial charge in [0.15, 0.2) is 4.69 Å². The average Bonchev–Trinajstić information content (AvgIpc) is 2.70. The molecule has 0 saturated carbocycles. The molecule has 0 N–H and O–H groups in total. The van der Waals surface area contributed by atoms with Crippen molar-refractivity contribution in [1.29, 1.82) is 0 Å². The van der Waals surface area contributed by atoms with Crippen LogP contribution in [0.3, 0.4) is 0 Å². The molecule has 1 rings (SSSR count). The third-order valence-corrected chi connectivity index (χ3v) is 2.66. The number of rotatable bonds is 3. The fraction of sp³-hybridized carbons (Fsp3) is 0.833. The molecule has 88 valence electrons. The van der Waals surface area contributed by atoms with Gasteiger partial charge in [-0.25, -0.2) is 17.6 Å². The van der Waals surface area contributed by atoms with E-state index < -0.39 is 26.8 Å². The van der Waals surface area contributed by atoms with Gasteiger partial charge < -0.3 is 9.74 Å². The summed E-state index contributed by atoms with van der Waals surface area (Å²) in [4.78, 5) is 16.0. The molecule has 6 nitrogen and oxygen atoms in total. The minimum absolute atomic E-state index is 0.377. The van der Waals surface area contributed by atoms with Crippen LogP contribution in [0.4, 0.5) is 13.7 Å². The van der Waals surface area contributed by atoms with Gasteiger partial charge in [0.05, 0.1) is 0 Å². The molecule has 0 bridgehead atoms. The molecule has 0 aromatic heterocycles. The summed E-state index contributed by atoms with van der Waals surface area (Å²) in [6, 6.07) is -1.96. The van der Waals surface area contributed by atoms with E-state index in [2.05, 4.69) is 4.84 Å². The van der Waals surface area contributed by atoms with Crippen molar-refractivity contribution in [3.05, 3.63) is 0 Å². The van der Waals surface area contributed by atoms with E-state index >= 15 is 0 Å². The van der Waals surface area contributed by atoms with E-state index in [-0.39, 0.29) is 0 Å². The zero-order valence-corrected chi connectivity index (χ0v) is 8.54. The van der Waals surface area contributed by atoms with E-state index in [0.717, 1.165) is 17.7 Å². The fourth-order valence-electron chi connectivity index (χ4n) is 1.11. The van der Waals surface area contributed by atoms with Gasteiger partial charge in [0.25, 0.3) is 0 Å². The molecule has 15 heavy (non-hydrogen) atoms. The van der Waals surface area contributed by atoms with Crippen LogP contribution in [0.5, 0.6) is 0 Å². The van der Waals surface area contributed by atoms with E-state index in [1.807, 2.05) is 0 Å². The Balaban J connectivity index is 2.51. The Morgan fingerprint density at radius 1 is 1.40 bits per heavy atom. The minimum Gasteiger partial charge on any atom is -0.307 e. The van der Waals surface area contributed by atoms with Gasteiger partial charge in [0.1, 0.15) is 0 Å². The van der Waals surface area contributed by atoms with Gasteiger partial charge in [0, 0.05) is 13.1 Å². The Bertz CT molecular complexity index is 328. The number of carbonyl (C=O) groups is 1. The SMILES string of the molecule is O=C(ON(F)S(=O)(=O)CF)N1CCCC1. The Morgan fingerprint density at radius 3 is 2.40 bits per heavy atom. The molecule has 1 fully saturated rings. The van der Waals surface area contributed by atoms with E-state index in [4.69, 9.17) is 0 Å². The highest BCUT2D eigenvalue weighted by molar-refractivity contribution is 7.88. The third kappa shape index (κ3) is 2.99. The number of hydrogen-bond donors (Lipinski definition) is 0. The van der Waals surface area contributed by atoms with Crippen molar-refractivity contribution in [2.24, 2.45) is 0 Å². The lowest BCUT2D eigenvalue weighted by molar-refractivity contribution is -0.160. The number of hydrogen-bond acceptors (Lipinski definition) is 4. The zero-order valence-electron chi connectivity index (χ0n) is 7.73. The molecule has 1 amide bonds. The molecule has 1 saturated heterocycles. The number of nitrogens with zero attached hydrogens (tertiary/aromatic N) is 2. The van der Waals surface area contributed by atoms with Crippen molar-refractivity contribution in [2.45, 2.75) is 12.8 Å². The number of likely N-dealkylation sites (tertiary alicyclic amines) is 1. The molecule has 0 atom stereocenters. The van der Waals surface area contributed by atoms with Gasteiger partial charge in [-0.2, -0.15) is 0 Å². The van der Waals surface area contributed by atoms with Gasteiger partial charge >= 0.3 is 16.1 Å². The largest absolute Gasteiger partial charge is 0.431 e. The van der Waals surface area contributed by atoms with Crippen LogP contribution in [0.1, 0.15) is 12.8 Å². The standard InChI is InChI=1S/C6H10F2N2O4S/c7-5-15(12,13)10(8)14-6(11)9-3-1-2-4-9/h1-5H2. The molecule has 0 aromatic rings. The first-order valence-corrected chi connectivity index (χ1v) is 5.80. The summed E-state index contributed by atoms with van der Waals surface area (Å²) in [6.45, 7) is 0.755. The molecule has 1 aliphatic rings. The van der Waals surface area contributed by atoms with Crippen LogP contribution in [-0.4, -0.2) is 43.2 Å². The van der Waals surface area contributed by atoms with Crippen LogP contribution in [0.25, 0.3) is 0 Å². The predicted octanol–water partition coefficient (Wildman–Crippen LogP) is 0.577. The second kappa shape index (κ2) is 4.71. The monoisotopic (exact) mass is 244 g/mol. The molecule has 0 radical (unpaired) electrons. The van der Waals surface area contributed by atoms with Crippen molar-refractivity contribution in [3.63, 3.8) is 0 Å². The van der Waals surface area contributed by atoms with Crippen molar-refractivity contribution < 1.29 is 26.9 Å². The highest BCUT2D eigenvalue weighted by Gasteiger charge is 2.29. The maximum absolute atomic E-state index is 12.6. The molecule has 0 unspecified atom stereocenters. The highest BCUT2D eigenvalue weighted by Crippen LogP contribution is 2.12. The summed E-state index contributed by atoms with van der Waals surface area (Å²) in [5.74, 6) is 0. The normalized spacial score (nSPS) is 17.1. The molecular formula is C6H10F2N2O4S. The Labute approximate surface area is 85.3 Å². The maximum Gasteiger partial charge on any atom is 0.431 e. The summed E-state index contributed by atoms with van der Waals surface area (Å²) in [7, 11) is -4.79. The molecule has 1 aliphatic heterocycles. The summed E-state index contributed by atoms with van der Waals surface area (Å²) < 4.78 is 44.2. The third-order valence-electron chi connectivity index (χ3n) is 1.87. The van der Waals surface area contributed by atoms with Crippen LogP contribution < -0.4 is 0 Å². The Hall–Kier alpha value is -0.960. The van der Waals surface area contributed by atoms with Crippen molar-refractivity contribution in [3.8, 4) is 0 Å². The topological polar surface area (TPSA) is 66.9 Å². The summed E-state index contributed by atoms with van der Waals surface area (Å²) >= 11 is 0. The molecule has 1 heterocycles. The Morgan fingerprint density at radius 2 is 1.93 bits per heavy atom. The number of halogens is 2. The van der Waals surface area contributed by atoms with Gasteiger partial charge in [-0.05, 0) is 12.8 Å². The molecule has 0 aliphatic carbocycles. The highest BCUT2D eigenvalue weighted by atomic mass is 32.2. The number of alkyl halides is 1. The summed E-state index contributed by atoms with van der Waals surface area (Å²) in [5.41, 5.74) is 0. The first-order chi connectivity index (χ1) is 6.97. The zero-order chi connectivity index (χ0) is 11.5. The van der Waals surface area contributed by atoms with Crippen LogP contribution >= 0.6 is 0 Å². The van der Waals surface area contributed by atoms with Crippen molar-refractivity contribution in [1.82, 2.24) is 9.59 Å². The average molecular weight is 244 g/mol. The minimum atomic E-state index is -4.79. The van der Waals surface area contributed by atoms with E-state index in [0.29, 0.717) is 13.1 Å². The number of carbonyl (C=O) groups excluding carboxylic acids is 1. The molecular weight excluding hydrogens is 234 g/mol. The van der Waals surface area contributed by atoms with Gasteiger partial charge in [-0.1, -0.05) is 4.48 Å². The van der Waals surface area contributed by atoms with Gasteiger partial charge in [-0.15, -0.1) is 0 Å². The van der Waals surface area contributed by atoms with Crippen LogP contribution in [0.2, 0.25) is 0 Å². The number of amides is 1. The summed E-state index contributed by atoms with van der Waals surface area (Å²) in [5, 5.41) is 0. The van der Waals surface area contributed by atoms with E-state index in [1.54, 1.807) is 0 Å². The van der Waals surface area contributed by atoms with Gasteiger partial charge in [-0.3, -0.25) is 0 Å². The predicted molar refractivity (Wildman–Crippen MR) is 45.1 cm³/mol. The first-order valence-electron chi connectivity index (χ1n) is 4.19. The molecule has 0 aromatic carbocycles. The summed E-state index contributed by atoms with van der Waals surface area (Å²) in [6.07, 6.45) is 0.362. The molecule has 9 heteroatoms. The van der Waals surface area contributed by atoms with E-state index in [9.17, 15) is 22.1 Å². The quantitative estimate of drug-likeness (QED) is 0.538. The second-order valence-electron chi connectivity index (χ2n) is 2.95. The van der Waals surface area contributed by atoms with Crippen molar-refractivity contribution in [2.75, 3.05) is 19.1 Å². The van der Waals surface area contributed by atoms with E-state index in [1.165, 1.54) is 0 Å². The van der Waals surface area contributed by atoms with Crippen LogP contribution in [0.15, 0.2) is 0 Å². The second-order valence-corrected chi connectivity index (χ2v) is 4.62. The first kappa shape index (κ1) is 12.1. The van der Waals surface area contributed by atoms with Crippen LogP contribution in [-0.2, 0) is 14.9 Å². The lowest BCUT2D eigenvalue weighted by Gasteiger charge is -2.16. The maximum atomic E-state index is 12.6. The lowest BCUT2D eigenvalue weighted by Crippen LogP contribution is -2.35. The number of sulfonamides is 1. The van der Waals surface area contributed by atoms with Gasteiger partial charge in [0.2, 0.25) is 6.01 Å².